The molecule has 9 nitrogen and oxygen atoms in total. The molecule has 33 heavy (non-hydrogen) atoms. The molecule has 1 aliphatic rings. The lowest BCUT2D eigenvalue weighted by atomic mass is 10.0. The smallest absolute Gasteiger partial charge is 0.270 e. The predicted molar refractivity (Wildman–Crippen MR) is 130 cm³/mol. The average Bonchev–Trinajstić information content (AvgIpc) is 2.78. The summed E-state index contributed by atoms with van der Waals surface area (Å²) in [5, 5.41) is 16.1. The van der Waals surface area contributed by atoms with Crippen LogP contribution in [0.5, 0.6) is 0 Å². The number of hydrogen-bond acceptors (Lipinski definition) is 6. The third-order valence-corrected chi connectivity index (χ3v) is 7.35. The second kappa shape index (κ2) is 10.6. The summed E-state index contributed by atoms with van der Waals surface area (Å²) in [5.74, 6) is 0.0119. The van der Waals surface area contributed by atoms with Crippen LogP contribution in [0.1, 0.15) is 25.3 Å². The Morgan fingerprint density at radius 3 is 2.48 bits per heavy atom. The van der Waals surface area contributed by atoms with Gasteiger partial charge in [0.05, 0.1) is 9.82 Å². The maximum Gasteiger partial charge on any atom is 0.270 e. The number of thiocarbonyl (C=S) groups is 1. The summed E-state index contributed by atoms with van der Waals surface area (Å²) in [6, 6.07) is 12.0. The van der Waals surface area contributed by atoms with Crippen molar-refractivity contribution in [2.45, 2.75) is 24.7 Å². The monoisotopic (exact) mass is 488 g/mol. The van der Waals surface area contributed by atoms with E-state index >= 15 is 0 Å². The van der Waals surface area contributed by atoms with E-state index in [1.807, 2.05) is 0 Å². The molecule has 0 spiro atoms. The van der Waals surface area contributed by atoms with Gasteiger partial charge in [0.2, 0.25) is 15.9 Å². The van der Waals surface area contributed by atoms with Crippen molar-refractivity contribution in [3.63, 3.8) is 0 Å². The Bertz CT molecular complexity index is 1170. The molecule has 0 aromatic heterocycles. The first-order chi connectivity index (χ1) is 15.6. The number of carbonyl (C=O) groups excluding carboxylic acids is 1. The third kappa shape index (κ3) is 6.67. The highest BCUT2D eigenvalue weighted by Gasteiger charge is 2.27. The number of piperidine rings is 1. The maximum atomic E-state index is 12.8. The van der Waals surface area contributed by atoms with Crippen LogP contribution in [-0.4, -0.2) is 41.8 Å². The fourth-order valence-corrected chi connectivity index (χ4v) is 5.00. The van der Waals surface area contributed by atoms with Crippen LogP contribution in [-0.2, 0) is 14.8 Å². The molecule has 1 saturated heterocycles. The molecule has 11 heteroatoms. The second-order valence-corrected chi connectivity index (χ2v) is 10.1. The SMILES string of the molecule is CC1CCN(S(=O)(=O)c2ccc(NC(=S)NC(=O)/C=C/c3cccc([N+](=O)[O-])c3)cc2)CC1. The summed E-state index contributed by atoms with van der Waals surface area (Å²) in [5.41, 5.74) is 0.947. The van der Waals surface area contributed by atoms with E-state index in [0.717, 1.165) is 12.8 Å². The maximum absolute atomic E-state index is 12.8. The highest BCUT2D eigenvalue weighted by atomic mass is 32.2. The highest BCUT2D eigenvalue weighted by Crippen LogP contribution is 2.24. The van der Waals surface area contributed by atoms with Crippen LogP contribution < -0.4 is 10.6 Å². The lowest BCUT2D eigenvalue weighted by Crippen LogP contribution is -2.37. The first-order valence-electron chi connectivity index (χ1n) is 10.3. The molecule has 3 rings (SSSR count). The van der Waals surface area contributed by atoms with Crippen molar-refractivity contribution in [2.75, 3.05) is 18.4 Å². The van der Waals surface area contributed by atoms with Gasteiger partial charge in [-0.05, 0) is 66.9 Å². The van der Waals surface area contributed by atoms with E-state index in [2.05, 4.69) is 17.6 Å². The molecule has 2 aromatic rings. The van der Waals surface area contributed by atoms with Crippen LogP contribution in [0, 0.1) is 16.0 Å². The second-order valence-electron chi connectivity index (χ2n) is 7.74. The average molecular weight is 489 g/mol. The van der Waals surface area contributed by atoms with Crippen LogP contribution in [0.2, 0.25) is 0 Å². The molecule has 0 unspecified atom stereocenters. The zero-order valence-electron chi connectivity index (χ0n) is 17.9. The fraction of sp³-hybridized carbons (Fsp3) is 0.273. The van der Waals surface area contributed by atoms with Gasteiger partial charge < -0.3 is 5.32 Å². The number of nitrogens with one attached hydrogen (secondary N) is 2. The van der Waals surface area contributed by atoms with Crippen LogP contribution in [0.25, 0.3) is 6.08 Å². The Labute approximate surface area is 197 Å². The molecular formula is C22H24N4O5S2. The number of amides is 1. The number of anilines is 1. The number of benzene rings is 2. The van der Waals surface area contributed by atoms with Crippen LogP contribution in [0.3, 0.4) is 0 Å². The van der Waals surface area contributed by atoms with Crippen molar-refractivity contribution in [1.82, 2.24) is 9.62 Å². The van der Waals surface area contributed by atoms with E-state index in [9.17, 15) is 23.3 Å². The molecule has 1 fully saturated rings. The standard InChI is InChI=1S/C22H24N4O5S2/c1-16-11-13-25(14-12-16)33(30,31)20-8-6-18(7-9-20)23-22(32)24-21(27)10-5-17-3-2-4-19(15-17)26(28)29/h2-10,15-16H,11-14H2,1H3,(H2,23,24,27,32)/b10-5+. The van der Waals surface area contributed by atoms with Crippen LogP contribution >= 0.6 is 12.2 Å². The molecule has 174 valence electrons. The highest BCUT2D eigenvalue weighted by molar-refractivity contribution is 7.89. The molecule has 1 aliphatic heterocycles. The Kier molecular flexibility index (Phi) is 7.90. The number of sulfonamides is 1. The van der Waals surface area contributed by atoms with Gasteiger partial charge in [-0.25, -0.2) is 8.42 Å². The number of rotatable bonds is 6. The van der Waals surface area contributed by atoms with Crippen LogP contribution in [0.4, 0.5) is 11.4 Å². The topological polar surface area (TPSA) is 122 Å². The van der Waals surface area contributed by atoms with Gasteiger partial charge in [0.25, 0.3) is 5.69 Å². The molecular weight excluding hydrogens is 464 g/mol. The first-order valence-corrected chi connectivity index (χ1v) is 12.1. The molecule has 0 saturated carbocycles. The van der Waals surface area contributed by atoms with E-state index in [0.29, 0.717) is 30.3 Å². The number of nitrogens with zero attached hydrogens (tertiary/aromatic N) is 2. The normalized spacial score (nSPS) is 15.3. The lowest BCUT2D eigenvalue weighted by Gasteiger charge is -2.29. The van der Waals surface area contributed by atoms with Crippen molar-refractivity contribution in [3.05, 3.63) is 70.3 Å². The van der Waals surface area contributed by atoms with Gasteiger partial charge in [-0.2, -0.15) is 4.31 Å². The van der Waals surface area contributed by atoms with Gasteiger partial charge in [0.15, 0.2) is 5.11 Å². The van der Waals surface area contributed by atoms with Gasteiger partial charge in [0, 0.05) is 37.0 Å². The molecule has 1 amide bonds. The van der Waals surface area contributed by atoms with E-state index < -0.39 is 20.9 Å². The Balaban J connectivity index is 1.55. The molecule has 0 aliphatic carbocycles. The van der Waals surface area contributed by atoms with Crippen molar-refractivity contribution in [1.29, 1.82) is 0 Å². The number of hydrogen-bond donors (Lipinski definition) is 2. The van der Waals surface area contributed by atoms with Crippen molar-refractivity contribution < 1.29 is 18.1 Å². The lowest BCUT2D eigenvalue weighted by molar-refractivity contribution is -0.384. The molecule has 2 aromatic carbocycles. The third-order valence-electron chi connectivity index (χ3n) is 5.24. The summed E-state index contributed by atoms with van der Waals surface area (Å²) >= 11 is 5.13. The van der Waals surface area contributed by atoms with Crippen molar-refractivity contribution >= 4 is 50.7 Å². The predicted octanol–water partition coefficient (Wildman–Crippen LogP) is 3.54. The Morgan fingerprint density at radius 1 is 1.18 bits per heavy atom. The van der Waals surface area contributed by atoms with Gasteiger partial charge in [-0.3, -0.25) is 20.2 Å². The number of carbonyl (C=O) groups is 1. The molecule has 2 N–H and O–H groups in total. The minimum Gasteiger partial charge on any atom is -0.332 e. The first kappa shape index (κ1) is 24.5. The summed E-state index contributed by atoms with van der Waals surface area (Å²) in [7, 11) is -3.54. The number of nitro groups is 1. The zero-order chi connectivity index (χ0) is 24.0. The summed E-state index contributed by atoms with van der Waals surface area (Å²) in [6.07, 6.45) is 4.35. The number of nitro benzene ring substituents is 1. The molecule has 0 bridgehead atoms. The van der Waals surface area contributed by atoms with Crippen molar-refractivity contribution in [3.8, 4) is 0 Å². The minimum absolute atomic E-state index is 0.0318. The minimum atomic E-state index is -3.54. The fourth-order valence-electron chi connectivity index (χ4n) is 3.31. The van der Waals surface area contributed by atoms with E-state index in [1.165, 1.54) is 46.8 Å². The Morgan fingerprint density at radius 2 is 1.85 bits per heavy atom. The Hall–Kier alpha value is -3.15. The van der Waals surface area contributed by atoms with Gasteiger partial charge in [-0.1, -0.05) is 19.1 Å². The summed E-state index contributed by atoms with van der Waals surface area (Å²) in [6.45, 7) is 3.16. The van der Waals surface area contributed by atoms with Gasteiger partial charge in [-0.15, -0.1) is 0 Å². The summed E-state index contributed by atoms with van der Waals surface area (Å²) in [4.78, 5) is 22.6. The van der Waals surface area contributed by atoms with Gasteiger partial charge >= 0.3 is 0 Å². The van der Waals surface area contributed by atoms with E-state index in [4.69, 9.17) is 12.2 Å². The molecule has 0 atom stereocenters. The van der Waals surface area contributed by atoms with E-state index in [-0.39, 0.29) is 15.7 Å². The summed E-state index contributed by atoms with van der Waals surface area (Å²) < 4.78 is 27.1. The van der Waals surface area contributed by atoms with Crippen molar-refractivity contribution in [2.24, 2.45) is 5.92 Å². The quantitative estimate of drug-likeness (QED) is 0.276. The number of non-ortho nitro benzene ring substituents is 1. The van der Waals surface area contributed by atoms with E-state index in [1.54, 1.807) is 18.2 Å². The zero-order valence-corrected chi connectivity index (χ0v) is 19.6. The largest absolute Gasteiger partial charge is 0.332 e. The van der Waals surface area contributed by atoms with Gasteiger partial charge in [0.1, 0.15) is 0 Å². The molecule has 0 radical (unpaired) electrons. The van der Waals surface area contributed by atoms with Crippen LogP contribution in [0.15, 0.2) is 59.5 Å². The molecule has 1 heterocycles.